The van der Waals surface area contributed by atoms with Gasteiger partial charge in [0.05, 0.1) is 13.7 Å². The molecule has 1 aromatic carbocycles. The molecule has 0 radical (unpaired) electrons. The first-order chi connectivity index (χ1) is 9.69. The van der Waals surface area contributed by atoms with Crippen LogP contribution in [-0.2, 0) is 19.5 Å². The maximum absolute atomic E-state index is 8.86. The van der Waals surface area contributed by atoms with E-state index in [1.54, 1.807) is 7.11 Å². The van der Waals surface area contributed by atoms with E-state index in [1.807, 2.05) is 0 Å². The third-order valence-electron chi connectivity index (χ3n) is 4.18. The van der Waals surface area contributed by atoms with Crippen LogP contribution in [-0.4, -0.2) is 43.4 Å². The van der Waals surface area contributed by atoms with Crippen molar-refractivity contribution < 1.29 is 9.84 Å². The summed E-state index contributed by atoms with van der Waals surface area (Å²) in [5, 5.41) is 12.1. The van der Waals surface area contributed by atoms with Crippen molar-refractivity contribution in [2.24, 2.45) is 0 Å². The molecular weight excluding hydrogens is 252 g/mol. The standard InChI is InChI=1S/C16H26N2O2/c1-4-15-8-12-7-13(10-17-5-6-19)16(20-3)9-14(12)11-18(15)2/h7,9,15,17,19H,4-6,8,10-11H2,1-3H3. The van der Waals surface area contributed by atoms with Crippen LogP contribution in [0.1, 0.15) is 30.0 Å². The second-order valence-corrected chi connectivity index (χ2v) is 5.51. The van der Waals surface area contributed by atoms with Gasteiger partial charge in [-0.15, -0.1) is 0 Å². The SMILES string of the molecule is CCC1Cc2cc(CNCCO)c(OC)cc2CN1C. The number of rotatable bonds is 6. The maximum atomic E-state index is 8.86. The van der Waals surface area contributed by atoms with Crippen molar-refractivity contribution in [3.8, 4) is 5.75 Å². The van der Waals surface area contributed by atoms with Crippen LogP contribution in [0, 0.1) is 0 Å². The molecule has 0 amide bonds. The Balaban J connectivity index is 2.22. The van der Waals surface area contributed by atoms with E-state index in [0.717, 1.165) is 25.3 Å². The molecule has 1 aliphatic heterocycles. The van der Waals surface area contributed by atoms with Crippen molar-refractivity contribution in [2.45, 2.75) is 38.9 Å². The van der Waals surface area contributed by atoms with Gasteiger partial charge in [-0.1, -0.05) is 13.0 Å². The first kappa shape index (κ1) is 15.3. The number of nitrogens with zero attached hydrogens (tertiary/aromatic N) is 1. The summed E-state index contributed by atoms with van der Waals surface area (Å²) in [5.41, 5.74) is 4.00. The Morgan fingerprint density at radius 2 is 2.20 bits per heavy atom. The fourth-order valence-corrected chi connectivity index (χ4v) is 2.95. The van der Waals surface area contributed by atoms with Gasteiger partial charge in [-0.25, -0.2) is 0 Å². The summed E-state index contributed by atoms with van der Waals surface area (Å²) in [7, 11) is 3.92. The van der Waals surface area contributed by atoms with Crippen LogP contribution in [0.25, 0.3) is 0 Å². The highest BCUT2D eigenvalue weighted by atomic mass is 16.5. The predicted octanol–water partition coefficient (Wildman–Crippen LogP) is 1.54. The molecule has 4 nitrogen and oxygen atoms in total. The van der Waals surface area contributed by atoms with Crippen LogP contribution in [0.4, 0.5) is 0 Å². The smallest absolute Gasteiger partial charge is 0.123 e. The van der Waals surface area contributed by atoms with Crippen LogP contribution >= 0.6 is 0 Å². The molecule has 0 fully saturated rings. The number of methoxy groups -OCH3 is 1. The van der Waals surface area contributed by atoms with Gasteiger partial charge in [-0.3, -0.25) is 4.90 Å². The molecule has 0 aromatic heterocycles. The van der Waals surface area contributed by atoms with Crippen molar-refractivity contribution in [1.29, 1.82) is 0 Å². The zero-order valence-corrected chi connectivity index (χ0v) is 12.8. The van der Waals surface area contributed by atoms with E-state index in [4.69, 9.17) is 9.84 Å². The van der Waals surface area contributed by atoms with E-state index in [-0.39, 0.29) is 6.61 Å². The Bertz CT molecular complexity index is 448. The van der Waals surface area contributed by atoms with Crippen molar-refractivity contribution in [3.63, 3.8) is 0 Å². The Kier molecular flexibility index (Phi) is 5.40. The summed E-state index contributed by atoms with van der Waals surface area (Å²) < 4.78 is 5.51. The molecule has 0 bridgehead atoms. The fourth-order valence-electron chi connectivity index (χ4n) is 2.95. The first-order valence-corrected chi connectivity index (χ1v) is 7.40. The largest absolute Gasteiger partial charge is 0.496 e. The highest BCUT2D eigenvalue weighted by Crippen LogP contribution is 2.30. The Hall–Kier alpha value is -1.10. The van der Waals surface area contributed by atoms with Crippen molar-refractivity contribution in [2.75, 3.05) is 27.3 Å². The first-order valence-electron chi connectivity index (χ1n) is 7.40. The van der Waals surface area contributed by atoms with Gasteiger partial charge in [-0.2, -0.15) is 0 Å². The summed E-state index contributed by atoms with van der Waals surface area (Å²) in [6, 6.07) is 5.08. The van der Waals surface area contributed by atoms with Crippen molar-refractivity contribution >= 4 is 0 Å². The summed E-state index contributed by atoms with van der Waals surface area (Å²) in [4.78, 5) is 2.42. The second-order valence-electron chi connectivity index (χ2n) is 5.51. The molecule has 4 heteroatoms. The average molecular weight is 278 g/mol. The monoisotopic (exact) mass is 278 g/mol. The van der Waals surface area contributed by atoms with Gasteiger partial charge in [0.25, 0.3) is 0 Å². The number of hydrogen-bond acceptors (Lipinski definition) is 4. The van der Waals surface area contributed by atoms with Crippen LogP contribution in [0.3, 0.4) is 0 Å². The highest BCUT2D eigenvalue weighted by molar-refractivity contribution is 5.44. The lowest BCUT2D eigenvalue weighted by atomic mass is 9.91. The van der Waals surface area contributed by atoms with Crippen LogP contribution in [0.2, 0.25) is 0 Å². The van der Waals surface area contributed by atoms with Crippen LogP contribution < -0.4 is 10.1 Å². The minimum absolute atomic E-state index is 0.163. The quantitative estimate of drug-likeness (QED) is 0.775. The normalized spacial score (nSPS) is 18.9. The number of likely N-dealkylation sites (N-methyl/N-ethyl adjacent to an activating group) is 1. The van der Waals surface area contributed by atoms with Crippen LogP contribution in [0.15, 0.2) is 12.1 Å². The van der Waals surface area contributed by atoms with Crippen molar-refractivity contribution in [3.05, 3.63) is 28.8 Å². The molecule has 1 aromatic rings. The third-order valence-corrected chi connectivity index (χ3v) is 4.18. The minimum atomic E-state index is 0.163. The number of ether oxygens (including phenoxy) is 1. The molecule has 0 aliphatic carbocycles. The van der Waals surface area contributed by atoms with Gasteiger partial charge in [0.1, 0.15) is 5.75 Å². The number of hydrogen-bond donors (Lipinski definition) is 2. The van der Waals surface area contributed by atoms with Gasteiger partial charge in [0.2, 0.25) is 0 Å². The molecule has 0 spiro atoms. The van der Waals surface area contributed by atoms with E-state index in [0.29, 0.717) is 12.6 Å². The predicted molar refractivity (Wildman–Crippen MR) is 81.0 cm³/mol. The lowest BCUT2D eigenvalue weighted by Crippen LogP contribution is -2.37. The Morgan fingerprint density at radius 3 is 2.85 bits per heavy atom. The lowest BCUT2D eigenvalue weighted by molar-refractivity contribution is 0.209. The summed E-state index contributed by atoms with van der Waals surface area (Å²) >= 11 is 0. The number of aliphatic hydroxyl groups excluding tert-OH is 1. The third kappa shape index (κ3) is 3.32. The van der Waals surface area contributed by atoms with E-state index >= 15 is 0 Å². The van der Waals surface area contributed by atoms with Gasteiger partial charge < -0.3 is 15.2 Å². The van der Waals surface area contributed by atoms with Gasteiger partial charge in [0.15, 0.2) is 0 Å². The molecule has 2 rings (SSSR count). The van der Waals surface area contributed by atoms with Crippen molar-refractivity contribution in [1.82, 2.24) is 10.2 Å². The lowest BCUT2D eigenvalue weighted by Gasteiger charge is -2.34. The average Bonchev–Trinajstić information content (AvgIpc) is 2.46. The number of fused-ring (bicyclic) bond motifs is 1. The Morgan fingerprint density at radius 1 is 1.40 bits per heavy atom. The summed E-state index contributed by atoms with van der Waals surface area (Å²) in [6.45, 7) is 4.76. The van der Waals surface area contributed by atoms with E-state index in [1.165, 1.54) is 23.1 Å². The summed E-state index contributed by atoms with van der Waals surface area (Å²) in [5.74, 6) is 0.942. The molecule has 0 saturated heterocycles. The maximum Gasteiger partial charge on any atom is 0.123 e. The molecule has 20 heavy (non-hydrogen) atoms. The topological polar surface area (TPSA) is 44.7 Å². The fraction of sp³-hybridized carbons (Fsp3) is 0.625. The van der Waals surface area contributed by atoms with E-state index < -0.39 is 0 Å². The van der Waals surface area contributed by atoms with E-state index in [2.05, 4.69) is 36.3 Å². The molecule has 2 N–H and O–H groups in total. The molecule has 1 aliphatic rings. The van der Waals surface area contributed by atoms with Gasteiger partial charge in [0, 0.05) is 31.2 Å². The molecular formula is C16H26N2O2. The molecule has 1 heterocycles. The molecule has 112 valence electrons. The zero-order chi connectivity index (χ0) is 14.5. The van der Waals surface area contributed by atoms with Gasteiger partial charge >= 0.3 is 0 Å². The molecule has 1 unspecified atom stereocenters. The van der Waals surface area contributed by atoms with Gasteiger partial charge in [-0.05, 0) is 37.1 Å². The zero-order valence-electron chi connectivity index (χ0n) is 12.8. The van der Waals surface area contributed by atoms with E-state index in [9.17, 15) is 0 Å². The minimum Gasteiger partial charge on any atom is -0.496 e. The highest BCUT2D eigenvalue weighted by Gasteiger charge is 2.23. The number of nitrogens with one attached hydrogen (secondary N) is 1. The second kappa shape index (κ2) is 7.07. The molecule has 1 atom stereocenters. The number of aliphatic hydroxyl groups is 1. The number of benzene rings is 1. The molecule has 0 saturated carbocycles. The summed E-state index contributed by atoms with van der Waals surface area (Å²) in [6.07, 6.45) is 2.29. The Labute approximate surface area is 121 Å². The van der Waals surface area contributed by atoms with Crippen LogP contribution in [0.5, 0.6) is 5.75 Å².